The van der Waals surface area contributed by atoms with Gasteiger partial charge in [-0.25, -0.2) is 9.78 Å². The first kappa shape index (κ1) is 31.6. The number of amides is 1. The molecular formula is C29H38N2O10. The number of para-hydroxylation sites is 1. The highest BCUT2D eigenvalue weighted by molar-refractivity contribution is 5.98. The van der Waals surface area contributed by atoms with Gasteiger partial charge >= 0.3 is 11.9 Å². The van der Waals surface area contributed by atoms with Gasteiger partial charge in [0.2, 0.25) is 6.79 Å². The zero-order valence-corrected chi connectivity index (χ0v) is 24.0. The summed E-state index contributed by atoms with van der Waals surface area (Å²) in [6, 6.07) is 9.58. The number of rotatable bonds is 11. The van der Waals surface area contributed by atoms with Gasteiger partial charge in [0.05, 0.1) is 13.7 Å². The second-order valence-electron chi connectivity index (χ2n) is 9.78. The molecule has 41 heavy (non-hydrogen) atoms. The third-order valence-electron chi connectivity index (χ3n) is 5.98. The van der Waals surface area contributed by atoms with Crippen LogP contribution in [0.5, 0.6) is 17.2 Å². The van der Waals surface area contributed by atoms with Crippen LogP contribution in [0.15, 0.2) is 42.6 Å². The number of benzene rings is 1. The second-order valence-corrected chi connectivity index (χ2v) is 9.78. The average Bonchev–Trinajstić information content (AvgIpc) is 2.94. The fourth-order valence-electron chi connectivity index (χ4n) is 3.96. The van der Waals surface area contributed by atoms with Crippen LogP contribution >= 0.6 is 0 Å². The van der Waals surface area contributed by atoms with Gasteiger partial charge in [0.25, 0.3) is 5.91 Å². The predicted octanol–water partition coefficient (Wildman–Crippen LogP) is 2.93. The van der Waals surface area contributed by atoms with E-state index in [0.29, 0.717) is 12.4 Å². The maximum atomic E-state index is 13.3. The van der Waals surface area contributed by atoms with Crippen LogP contribution in [0.25, 0.3) is 0 Å². The SMILES string of the molecule is COc1ccnc(C(=O)N[C@H]2CCOC[C@H](OCC(C)C)[C@@H](Oc3ccccc3)[C@H](C)OC2=O)c1OCOC(C)=O. The molecule has 1 aliphatic heterocycles. The topological polar surface area (TPSA) is 141 Å². The summed E-state index contributed by atoms with van der Waals surface area (Å²) in [4.78, 5) is 41.8. The lowest BCUT2D eigenvalue weighted by Gasteiger charge is -2.34. The third-order valence-corrected chi connectivity index (χ3v) is 5.98. The number of nitrogens with zero attached hydrogens (tertiary/aromatic N) is 1. The highest BCUT2D eigenvalue weighted by Crippen LogP contribution is 2.30. The third kappa shape index (κ3) is 9.61. The van der Waals surface area contributed by atoms with Crippen molar-refractivity contribution in [2.45, 2.75) is 58.5 Å². The molecule has 0 unspecified atom stereocenters. The largest absolute Gasteiger partial charge is 0.493 e. The van der Waals surface area contributed by atoms with Crippen molar-refractivity contribution >= 4 is 17.8 Å². The molecule has 0 saturated carbocycles. The van der Waals surface area contributed by atoms with Crippen molar-refractivity contribution in [1.29, 1.82) is 0 Å². The minimum Gasteiger partial charge on any atom is -0.493 e. The molecule has 1 aliphatic rings. The smallest absolute Gasteiger partial charge is 0.329 e. The number of cyclic esters (lactones) is 1. The van der Waals surface area contributed by atoms with Crippen LogP contribution in [0.3, 0.4) is 0 Å². The number of hydrogen-bond donors (Lipinski definition) is 1. The second kappa shape index (κ2) is 15.8. The predicted molar refractivity (Wildman–Crippen MR) is 146 cm³/mol. The summed E-state index contributed by atoms with van der Waals surface area (Å²) in [5.41, 5.74) is -0.164. The molecule has 1 saturated heterocycles. The molecule has 1 amide bonds. The maximum absolute atomic E-state index is 13.3. The molecule has 1 aromatic carbocycles. The lowest BCUT2D eigenvalue weighted by atomic mass is 10.1. The summed E-state index contributed by atoms with van der Waals surface area (Å²) >= 11 is 0. The Hall–Kier alpha value is -3.90. The van der Waals surface area contributed by atoms with Crippen LogP contribution in [0, 0.1) is 5.92 Å². The molecule has 0 aliphatic carbocycles. The van der Waals surface area contributed by atoms with Crippen molar-refractivity contribution in [3.63, 3.8) is 0 Å². The number of nitrogens with one attached hydrogen (secondary N) is 1. The van der Waals surface area contributed by atoms with Gasteiger partial charge in [-0.1, -0.05) is 32.0 Å². The Morgan fingerprint density at radius 3 is 2.61 bits per heavy atom. The highest BCUT2D eigenvalue weighted by atomic mass is 16.7. The summed E-state index contributed by atoms with van der Waals surface area (Å²) in [5, 5.41) is 2.66. The Bertz CT molecular complexity index is 1140. The van der Waals surface area contributed by atoms with E-state index in [1.165, 1.54) is 26.3 Å². The van der Waals surface area contributed by atoms with Crippen molar-refractivity contribution < 1.29 is 47.5 Å². The molecule has 4 atom stereocenters. The molecule has 12 nitrogen and oxygen atoms in total. The molecule has 2 aromatic rings. The van der Waals surface area contributed by atoms with E-state index < -0.39 is 49.0 Å². The van der Waals surface area contributed by atoms with E-state index in [-0.39, 0.29) is 42.7 Å². The first-order valence-electron chi connectivity index (χ1n) is 13.4. The molecule has 0 radical (unpaired) electrons. The molecule has 2 heterocycles. The van der Waals surface area contributed by atoms with Crippen LogP contribution in [-0.2, 0) is 28.5 Å². The Balaban J connectivity index is 1.78. The van der Waals surface area contributed by atoms with Gasteiger partial charge < -0.3 is 38.5 Å². The maximum Gasteiger partial charge on any atom is 0.329 e. The van der Waals surface area contributed by atoms with E-state index in [2.05, 4.69) is 10.3 Å². The normalized spacial score (nSPS) is 21.4. The van der Waals surface area contributed by atoms with Gasteiger partial charge in [0.15, 0.2) is 23.3 Å². The van der Waals surface area contributed by atoms with Crippen LogP contribution in [0.4, 0.5) is 0 Å². The molecule has 3 rings (SSSR count). The Labute approximate surface area is 239 Å². The van der Waals surface area contributed by atoms with Gasteiger partial charge in [-0.2, -0.15) is 0 Å². The molecule has 0 spiro atoms. The molecule has 1 aromatic heterocycles. The molecule has 12 heteroatoms. The van der Waals surface area contributed by atoms with E-state index in [9.17, 15) is 14.4 Å². The Morgan fingerprint density at radius 1 is 1.17 bits per heavy atom. The quantitative estimate of drug-likeness (QED) is 0.313. The molecule has 224 valence electrons. The van der Waals surface area contributed by atoms with Crippen LogP contribution in [0.1, 0.15) is 44.6 Å². The zero-order chi connectivity index (χ0) is 29.8. The van der Waals surface area contributed by atoms with Gasteiger partial charge in [-0.3, -0.25) is 9.59 Å². The number of ether oxygens (including phenoxy) is 7. The summed E-state index contributed by atoms with van der Waals surface area (Å²) in [7, 11) is 1.39. The van der Waals surface area contributed by atoms with Gasteiger partial charge in [-0.15, -0.1) is 0 Å². The number of hydrogen-bond acceptors (Lipinski definition) is 11. The average molecular weight is 575 g/mol. The summed E-state index contributed by atoms with van der Waals surface area (Å²) in [6.45, 7) is 7.34. The number of carbonyl (C=O) groups excluding carboxylic acids is 3. The first-order chi connectivity index (χ1) is 19.7. The van der Waals surface area contributed by atoms with E-state index >= 15 is 0 Å². The minimum atomic E-state index is -1.07. The summed E-state index contributed by atoms with van der Waals surface area (Å²) in [6.07, 6.45) is -0.461. The van der Waals surface area contributed by atoms with Gasteiger partial charge in [-0.05, 0) is 25.0 Å². The van der Waals surface area contributed by atoms with Crippen molar-refractivity contribution in [2.24, 2.45) is 5.92 Å². The summed E-state index contributed by atoms with van der Waals surface area (Å²) in [5.74, 6) is -0.957. The minimum absolute atomic E-state index is 0.0481. The van der Waals surface area contributed by atoms with Crippen LogP contribution in [0.2, 0.25) is 0 Å². The lowest BCUT2D eigenvalue weighted by molar-refractivity contribution is -0.167. The van der Waals surface area contributed by atoms with E-state index in [1.54, 1.807) is 19.1 Å². The van der Waals surface area contributed by atoms with E-state index in [1.807, 2.05) is 32.0 Å². The molecule has 1 N–H and O–H groups in total. The molecular weight excluding hydrogens is 536 g/mol. The lowest BCUT2D eigenvalue weighted by Crippen LogP contribution is -2.51. The Kier molecular flexibility index (Phi) is 12.2. The zero-order valence-electron chi connectivity index (χ0n) is 24.0. The van der Waals surface area contributed by atoms with Crippen molar-refractivity contribution in [3.05, 3.63) is 48.3 Å². The van der Waals surface area contributed by atoms with Crippen molar-refractivity contribution in [1.82, 2.24) is 10.3 Å². The number of carbonyl (C=O) groups is 3. The Morgan fingerprint density at radius 2 is 1.93 bits per heavy atom. The highest BCUT2D eigenvalue weighted by Gasteiger charge is 2.36. The van der Waals surface area contributed by atoms with Crippen LogP contribution in [-0.4, -0.2) is 80.9 Å². The van der Waals surface area contributed by atoms with Crippen molar-refractivity contribution in [3.8, 4) is 17.2 Å². The first-order valence-corrected chi connectivity index (χ1v) is 13.4. The van der Waals surface area contributed by atoms with Gasteiger partial charge in [0, 0.05) is 38.8 Å². The molecule has 1 fully saturated rings. The van der Waals surface area contributed by atoms with Crippen LogP contribution < -0.4 is 19.5 Å². The van der Waals surface area contributed by atoms with E-state index in [4.69, 9.17) is 33.2 Å². The molecule has 0 bridgehead atoms. The number of pyridine rings is 1. The fourth-order valence-corrected chi connectivity index (χ4v) is 3.96. The number of methoxy groups -OCH3 is 1. The van der Waals surface area contributed by atoms with Gasteiger partial charge in [0.1, 0.15) is 24.0 Å². The standard InChI is InChI=1S/C29H38N2O10/c1-18(2)15-37-24-16-36-14-12-22(29(34)40-19(3)26(24)41-21-9-7-6-8-10-21)31-28(33)25-27(39-17-38-20(4)32)23(35-5)11-13-30-25/h6-11,13,18-19,22,24,26H,12,14-17H2,1-5H3,(H,31,33)/t19-,22-,24-,26-/m0/s1. The number of esters is 2. The number of aromatic nitrogens is 1. The van der Waals surface area contributed by atoms with E-state index in [0.717, 1.165) is 0 Å². The fraction of sp³-hybridized carbons (Fsp3) is 0.517. The monoisotopic (exact) mass is 574 g/mol. The van der Waals surface area contributed by atoms with Crippen molar-refractivity contribution in [2.75, 3.05) is 33.7 Å². The summed E-state index contributed by atoms with van der Waals surface area (Å²) < 4.78 is 39.6.